The highest BCUT2D eigenvalue weighted by Crippen LogP contribution is 2.04. The molecule has 3 N–H and O–H groups in total. The SMILES string of the molecule is C=CCC(=N)C(C)C(=O)OCCN. The minimum absolute atomic E-state index is 0.213. The van der Waals surface area contributed by atoms with Gasteiger partial charge in [0, 0.05) is 18.7 Å². The van der Waals surface area contributed by atoms with Gasteiger partial charge in [-0.1, -0.05) is 6.08 Å². The van der Waals surface area contributed by atoms with E-state index in [1.54, 1.807) is 13.0 Å². The Labute approximate surface area is 78.3 Å². The number of esters is 1. The van der Waals surface area contributed by atoms with E-state index in [-0.39, 0.29) is 6.61 Å². The summed E-state index contributed by atoms with van der Waals surface area (Å²) in [6.07, 6.45) is 2.01. The Morgan fingerprint density at radius 1 is 1.77 bits per heavy atom. The number of carbonyl (C=O) groups is 1. The lowest BCUT2D eigenvalue weighted by Crippen LogP contribution is -2.24. The van der Waals surface area contributed by atoms with E-state index >= 15 is 0 Å². The van der Waals surface area contributed by atoms with Gasteiger partial charge in [0.1, 0.15) is 6.61 Å². The first-order chi connectivity index (χ1) is 6.13. The second kappa shape index (κ2) is 6.37. The van der Waals surface area contributed by atoms with Gasteiger partial charge in [0.2, 0.25) is 0 Å². The lowest BCUT2D eigenvalue weighted by Gasteiger charge is -2.10. The Kier molecular flexibility index (Phi) is 5.80. The van der Waals surface area contributed by atoms with Crippen LogP contribution in [-0.4, -0.2) is 24.8 Å². The molecule has 74 valence electrons. The minimum atomic E-state index is -0.496. The summed E-state index contributed by atoms with van der Waals surface area (Å²) in [5, 5.41) is 7.46. The van der Waals surface area contributed by atoms with Gasteiger partial charge in [-0.15, -0.1) is 6.58 Å². The van der Waals surface area contributed by atoms with E-state index in [9.17, 15) is 4.79 Å². The Morgan fingerprint density at radius 2 is 2.38 bits per heavy atom. The topological polar surface area (TPSA) is 76.2 Å². The highest BCUT2D eigenvalue weighted by atomic mass is 16.5. The van der Waals surface area contributed by atoms with Crippen LogP contribution < -0.4 is 5.73 Å². The third-order valence-corrected chi connectivity index (χ3v) is 1.60. The summed E-state index contributed by atoms with van der Waals surface area (Å²) in [5.74, 6) is -0.887. The molecule has 0 fully saturated rings. The van der Waals surface area contributed by atoms with Crippen LogP contribution in [0.25, 0.3) is 0 Å². The summed E-state index contributed by atoms with van der Waals surface area (Å²) < 4.78 is 4.78. The van der Waals surface area contributed by atoms with Crippen LogP contribution in [0.5, 0.6) is 0 Å². The van der Waals surface area contributed by atoms with Crippen LogP contribution in [0.4, 0.5) is 0 Å². The molecule has 13 heavy (non-hydrogen) atoms. The molecule has 0 bridgehead atoms. The first kappa shape index (κ1) is 11.8. The second-order valence-corrected chi connectivity index (χ2v) is 2.70. The molecule has 0 aliphatic carbocycles. The molecule has 1 atom stereocenters. The monoisotopic (exact) mass is 184 g/mol. The van der Waals surface area contributed by atoms with E-state index in [1.165, 1.54) is 0 Å². The van der Waals surface area contributed by atoms with Gasteiger partial charge >= 0.3 is 5.97 Å². The number of allylic oxidation sites excluding steroid dienone is 1. The van der Waals surface area contributed by atoms with E-state index in [2.05, 4.69) is 6.58 Å². The van der Waals surface area contributed by atoms with Crippen molar-refractivity contribution in [3.05, 3.63) is 12.7 Å². The van der Waals surface area contributed by atoms with Crippen LogP contribution in [0.3, 0.4) is 0 Å². The number of hydrogen-bond acceptors (Lipinski definition) is 4. The summed E-state index contributed by atoms with van der Waals surface area (Å²) in [5.41, 5.74) is 5.48. The van der Waals surface area contributed by atoms with Crippen LogP contribution in [0, 0.1) is 11.3 Å². The zero-order valence-corrected chi connectivity index (χ0v) is 7.88. The number of hydrogen-bond donors (Lipinski definition) is 2. The highest BCUT2D eigenvalue weighted by Gasteiger charge is 2.17. The van der Waals surface area contributed by atoms with Gasteiger partial charge in [-0.05, 0) is 6.92 Å². The maximum Gasteiger partial charge on any atom is 0.314 e. The maximum absolute atomic E-state index is 11.2. The summed E-state index contributed by atoms with van der Waals surface area (Å²) in [7, 11) is 0. The van der Waals surface area contributed by atoms with Gasteiger partial charge in [0.25, 0.3) is 0 Å². The van der Waals surface area contributed by atoms with Crippen molar-refractivity contribution in [1.82, 2.24) is 0 Å². The lowest BCUT2D eigenvalue weighted by atomic mass is 10.0. The molecule has 0 aliphatic rings. The molecule has 0 spiro atoms. The second-order valence-electron chi connectivity index (χ2n) is 2.70. The van der Waals surface area contributed by atoms with Crippen molar-refractivity contribution in [2.75, 3.05) is 13.2 Å². The van der Waals surface area contributed by atoms with Gasteiger partial charge in [-0.25, -0.2) is 0 Å². The molecule has 0 rings (SSSR count). The van der Waals surface area contributed by atoms with Gasteiger partial charge in [-0.3, -0.25) is 4.79 Å². The minimum Gasteiger partial charge on any atom is -0.464 e. The number of ether oxygens (including phenoxy) is 1. The van der Waals surface area contributed by atoms with Crippen molar-refractivity contribution in [1.29, 1.82) is 5.41 Å². The smallest absolute Gasteiger partial charge is 0.314 e. The van der Waals surface area contributed by atoms with Gasteiger partial charge in [0.15, 0.2) is 0 Å². The fourth-order valence-electron chi connectivity index (χ4n) is 0.759. The Hall–Kier alpha value is -1.16. The standard InChI is InChI=1S/C9H16N2O2/c1-3-4-8(11)7(2)9(12)13-6-5-10/h3,7,11H,1,4-6,10H2,2H3. The molecule has 0 aliphatic heterocycles. The van der Waals surface area contributed by atoms with Crippen LogP contribution in [-0.2, 0) is 9.53 Å². The van der Waals surface area contributed by atoms with Crippen molar-refractivity contribution in [2.45, 2.75) is 13.3 Å². The van der Waals surface area contributed by atoms with Gasteiger partial charge in [-0.2, -0.15) is 0 Å². The fraction of sp³-hybridized carbons (Fsp3) is 0.556. The molecule has 0 aromatic heterocycles. The molecule has 0 aromatic carbocycles. The molecule has 4 heteroatoms. The third kappa shape index (κ3) is 4.42. The van der Waals surface area contributed by atoms with Crippen LogP contribution in [0.1, 0.15) is 13.3 Å². The molecule has 0 saturated carbocycles. The Morgan fingerprint density at radius 3 is 2.85 bits per heavy atom. The van der Waals surface area contributed by atoms with Crippen molar-refractivity contribution in [2.24, 2.45) is 11.7 Å². The first-order valence-electron chi connectivity index (χ1n) is 4.18. The lowest BCUT2D eigenvalue weighted by molar-refractivity contribution is -0.145. The molecule has 4 nitrogen and oxygen atoms in total. The number of nitrogens with one attached hydrogen (secondary N) is 1. The number of nitrogens with two attached hydrogens (primary N) is 1. The summed E-state index contributed by atoms with van der Waals surface area (Å²) in [6, 6.07) is 0. The van der Waals surface area contributed by atoms with Crippen molar-refractivity contribution < 1.29 is 9.53 Å². The fourth-order valence-corrected chi connectivity index (χ4v) is 0.759. The summed E-state index contributed by atoms with van der Waals surface area (Å²) >= 11 is 0. The zero-order chi connectivity index (χ0) is 10.3. The molecule has 0 amide bonds. The largest absolute Gasteiger partial charge is 0.464 e. The summed E-state index contributed by atoms with van der Waals surface area (Å²) in [6.45, 7) is 5.66. The molecule has 0 saturated heterocycles. The Bertz CT molecular complexity index is 202. The van der Waals surface area contributed by atoms with Crippen LogP contribution >= 0.6 is 0 Å². The average Bonchev–Trinajstić information content (AvgIpc) is 2.13. The van der Waals surface area contributed by atoms with E-state index < -0.39 is 11.9 Å². The highest BCUT2D eigenvalue weighted by molar-refractivity contribution is 6.00. The molecule has 0 heterocycles. The van der Waals surface area contributed by atoms with E-state index in [0.717, 1.165) is 0 Å². The number of carbonyl (C=O) groups excluding carboxylic acids is 1. The van der Waals surface area contributed by atoms with E-state index in [1.807, 2.05) is 0 Å². The maximum atomic E-state index is 11.2. The molecule has 0 aromatic rings. The van der Waals surface area contributed by atoms with E-state index in [0.29, 0.717) is 18.7 Å². The summed E-state index contributed by atoms with van der Waals surface area (Å²) in [4.78, 5) is 11.2. The predicted octanol–water partition coefficient (Wildman–Crippen LogP) is 0.720. The predicted molar refractivity (Wildman–Crippen MR) is 51.7 cm³/mol. The average molecular weight is 184 g/mol. The Balaban J connectivity index is 3.93. The van der Waals surface area contributed by atoms with Crippen molar-refractivity contribution >= 4 is 11.7 Å². The zero-order valence-electron chi connectivity index (χ0n) is 7.88. The van der Waals surface area contributed by atoms with Crippen molar-refractivity contribution in [3.8, 4) is 0 Å². The molecule has 1 unspecified atom stereocenters. The quantitative estimate of drug-likeness (QED) is 0.363. The molecule has 0 radical (unpaired) electrons. The van der Waals surface area contributed by atoms with Gasteiger partial charge in [0.05, 0.1) is 5.92 Å². The van der Waals surface area contributed by atoms with Crippen LogP contribution in [0.2, 0.25) is 0 Å². The van der Waals surface area contributed by atoms with Crippen molar-refractivity contribution in [3.63, 3.8) is 0 Å². The first-order valence-corrected chi connectivity index (χ1v) is 4.18. The number of rotatable bonds is 6. The molecular formula is C9H16N2O2. The van der Waals surface area contributed by atoms with E-state index in [4.69, 9.17) is 15.9 Å². The molecular weight excluding hydrogens is 168 g/mol. The van der Waals surface area contributed by atoms with Crippen LogP contribution in [0.15, 0.2) is 12.7 Å². The normalized spacial score (nSPS) is 11.8. The third-order valence-electron chi connectivity index (χ3n) is 1.60. The van der Waals surface area contributed by atoms with Gasteiger partial charge < -0.3 is 15.9 Å².